The molecule has 10 heteroatoms. The number of nitro groups is 1. The number of hydrogen-bond donors (Lipinski definition) is 2. The number of carbonyl (C=O) groups is 1. The Kier molecular flexibility index (Phi) is 6.13. The third kappa shape index (κ3) is 4.91. The second kappa shape index (κ2) is 8.74. The van der Waals surface area contributed by atoms with Gasteiger partial charge in [0.05, 0.1) is 10.5 Å². The average molecular weight is 414 g/mol. The van der Waals surface area contributed by atoms with E-state index < -0.39 is 10.9 Å². The number of nitrogens with one attached hydrogen (secondary N) is 1. The quantitative estimate of drug-likeness (QED) is 0.239. The number of carboxylic acid groups (broad SMARTS) is 1. The van der Waals surface area contributed by atoms with Crippen LogP contribution in [0.3, 0.4) is 0 Å². The number of benzene rings is 1. The molecule has 1 aromatic carbocycles. The molecule has 0 bridgehead atoms. The first-order valence-electron chi connectivity index (χ1n) is 8.76. The smallest absolute Gasteiger partial charge is 0.342 e. The molecule has 2 N–H and O–H groups in total. The zero-order chi connectivity index (χ0) is 21.0. The Bertz CT molecular complexity index is 1090. The summed E-state index contributed by atoms with van der Waals surface area (Å²) in [6, 6.07) is 7.94. The minimum absolute atomic E-state index is 0.0358. The zero-order valence-electron chi connectivity index (χ0n) is 15.7. The number of aryl methyl sites for hydroxylation is 2. The van der Waals surface area contributed by atoms with Crippen LogP contribution in [-0.2, 0) is 11.2 Å². The van der Waals surface area contributed by atoms with Gasteiger partial charge in [0, 0.05) is 18.6 Å². The van der Waals surface area contributed by atoms with Crippen LogP contribution >= 0.6 is 11.8 Å². The number of aromatic nitrogens is 3. The van der Waals surface area contributed by atoms with Crippen molar-refractivity contribution in [3.05, 3.63) is 62.5 Å². The lowest BCUT2D eigenvalue weighted by atomic mass is 10.1. The Hall–Kier alpha value is -3.40. The van der Waals surface area contributed by atoms with Crippen molar-refractivity contribution in [2.75, 3.05) is 0 Å². The Morgan fingerprint density at radius 2 is 2.17 bits per heavy atom. The summed E-state index contributed by atoms with van der Waals surface area (Å²) in [4.78, 5) is 26.7. The van der Waals surface area contributed by atoms with Crippen LogP contribution in [0, 0.1) is 17.0 Å². The number of rotatable bonds is 8. The first kappa shape index (κ1) is 20.3. The highest BCUT2D eigenvalue weighted by molar-refractivity contribution is 8.04. The lowest BCUT2D eigenvalue weighted by Gasteiger charge is -2.01. The second-order valence-electron chi connectivity index (χ2n) is 6.21. The van der Waals surface area contributed by atoms with E-state index >= 15 is 0 Å². The van der Waals surface area contributed by atoms with E-state index in [-0.39, 0.29) is 22.1 Å². The molecular formula is C19H18N4O5S. The van der Waals surface area contributed by atoms with Crippen LogP contribution in [0.25, 0.3) is 17.4 Å². The number of nitro benzene ring substituents is 1. The molecule has 0 spiro atoms. The van der Waals surface area contributed by atoms with Gasteiger partial charge in [-0.1, -0.05) is 13.0 Å². The van der Waals surface area contributed by atoms with Gasteiger partial charge in [-0.25, -0.2) is 9.78 Å². The number of thioether (sulfide) groups is 1. The van der Waals surface area contributed by atoms with E-state index in [0.29, 0.717) is 16.5 Å². The van der Waals surface area contributed by atoms with Gasteiger partial charge in [-0.2, -0.15) is 0 Å². The van der Waals surface area contributed by atoms with Gasteiger partial charge in [0.25, 0.3) is 5.69 Å². The molecule has 0 amide bonds. The first-order chi connectivity index (χ1) is 13.9. The van der Waals surface area contributed by atoms with E-state index in [9.17, 15) is 20.0 Å². The maximum absolute atomic E-state index is 11.6. The van der Waals surface area contributed by atoms with E-state index in [0.717, 1.165) is 30.2 Å². The van der Waals surface area contributed by atoms with Crippen molar-refractivity contribution in [3.8, 4) is 11.3 Å². The minimum Gasteiger partial charge on any atom is -0.477 e. The van der Waals surface area contributed by atoms with Crippen LogP contribution in [0.1, 0.15) is 30.5 Å². The predicted molar refractivity (Wildman–Crippen MR) is 107 cm³/mol. The number of hydrogen-bond acceptors (Lipinski definition) is 7. The molecule has 150 valence electrons. The van der Waals surface area contributed by atoms with Gasteiger partial charge in [-0.15, -0.1) is 5.10 Å². The summed E-state index contributed by atoms with van der Waals surface area (Å²) >= 11 is 0.893. The largest absolute Gasteiger partial charge is 0.477 e. The Labute approximate surface area is 170 Å². The summed E-state index contributed by atoms with van der Waals surface area (Å²) < 4.78 is 5.66. The molecule has 2 aromatic heterocycles. The maximum Gasteiger partial charge on any atom is 0.342 e. The third-order valence-electron chi connectivity index (χ3n) is 3.93. The molecule has 0 radical (unpaired) electrons. The van der Waals surface area contributed by atoms with Crippen LogP contribution in [0.15, 0.2) is 44.8 Å². The molecule has 0 saturated carbocycles. The maximum atomic E-state index is 11.6. The average Bonchev–Trinajstić information content (AvgIpc) is 3.31. The molecule has 29 heavy (non-hydrogen) atoms. The van der Waals surface area contributed by atoms with Crippen molar-refractivity contribution in [2.45, 2.75) is 31.8 Å². The Balaban J connectivity index is 1.88. The molecule has 0 fully saturated rings. The first-order valence-corrected chi connectivity index (χ1v) is 9.58. The standard InChI is InChI=1S/C19H18N4O5S/c1-3-4-17-20-19(22-21-17)29-16(18(24)25)10-12-6-8-15(28-12)13-7-5-11(2)9-14(13)23(26)27/h5-10H,3-4H2,1-2H3,(H,24,25)(H,20,21,22)/b16-10-. The van der Waals surface area contributed by atoms with Gasteiger partial charge in [0.1, 0.15) is 22.3 Å². The van der Waals surface area contributed by atoms with Crippen LogP contribution in [0.4, 0.5) is 5.69 Å². The van der Waals surface area contributed by atoms with Gasteiger partial charge in [-0.3, -0.25) is 15.2 Å². The summed E-state index contributed by atoms with van der Waals surface area (Å²) in [5, 5.41) is 27.9. The van der Waals surface area contributed by atoms with Gasteiger partial charge < -0.3 is 9.52 Å². The van der Waals surface area contributed by atoms with Crippen molar-refractivity contribution in [1.29, 1.82) is 0 Å². The van der Waals surface area contributed by atoms with Crippen LogP contribution in [0.2, 0.25) is 0 Å². The summed E-state index contributed by atoms with van der Waals surface area (Å²) in [7, 11) is 0. The molecule has 0 saturated heterocycles. The number of H-pyrrole nitrogens is 1. The second-order valence-corrected chi connectivity index (χ2v) is 7.22. The molecule has 0 aliphatic rings. The normalized spacial score (nSPS) is 11.6. The number of aromatic amines is 1. The monoisotopic (exact) mass is 414 g/mol. The highest BCUT2D eigenvalue weighted by Crippen LogP contribution is 2.33. The highest BCUT2D eigenvalue weighted by Gasteiger charge is 2.19. The minimum atomic E-state index is -1.16. The van der Waals surface area contributed by atoms with Gasteiger partial charge in [-0.05, 0) is 48.9 Å². The van der Waals surface area contributed by atoms with Crippen molar-refractivity contribution in [1.82, 2.24) is 15.2 Å². The molecule has 9 nitrogen and oxygen atoms in total. The molecule has 3 aromatic rings. The van der Waals surface area contributed by atoms with Crippen molar-refractivity contribution in [2.24, 2.45) is 0 Å². The fraction of sp³-hybridized carbons (Fsp3) is 0.211. The zero-order valence-corrected chi connectivity index (χ0v) is 16.5. The molecule has 0 aliphatic carbocycles. The fourth-order valence-electron chi connectivity index (χ4n) is 2.61. The number of aliphatic carboxylic acids is 1. The highest BCUT2D eigenvalue weighted by atomic mass is 32.2. The van der Waals surface area contributed by atoms with Crippen molar-refractivity contribution >= 4 is 29.5 Å². The molecule has 0 unspecified atom stereocenters. The van der Waals surface area contributed by atoms with Gasteiger partial charge in [0.2, 0.25) is 5.16 Å². The molecular weight excluding hydrogens is 396 g/mol. The Morgan fingerprint density at radius 1 is 1.38 bits per heavy atom. The van der Waals surface area contributed by atoms with Crippen LogP contribution in [-0.4, -0.2) is 31.2 Å². The van der Waals surface area contributed by atoms with Crippen molar-refractivity contribution < 1.29 is 19.2 Å². The number of carboxylic acids is 1. The molecule has 0 aliphatic heterocycles. The van der Waals surface area contributed by atoms with E-state index in [4.69, 9.17) is 4.42 Å². The lowest BCUT2D eigenvalue weighted by Crippen LogP contribution is -1.97. The number of furan rings is 1. The third-order valence-corrected chi connectivity index (χ3v) is 4.80. The molecule has 0 atom stereocenters. The van der Waals surface area contributed by atoms with E-state index in [1.165, 1.54) is 12.1 Å². The molecule has 2 heterocycles. The SMILES string of the molecule is CCCc1nc(S/C(=C\c2ccc(-c3ccc(C)cc3[N+](=O)[O-])o2)C(=O)O)n[nH]1. The van der Waals surface area contributed by atoms with Crippen LogP contribution < -0.4 is 0 Å². The summed E-state index contributed by atoms with van der Waals surface area (Å²) in [6.07, 6.45) is 2.95. The van der Waals surface area contributed by atoms with E-state index in [2.05, 4.69) is 15.2 Å². The van der Waals surface area contributed by atoms with Crippen LogP contribution in [0.5, 0.6) is 0 Å². The summed E-state index contributed by atoms with van der Waals surface area (Å²) in [6.45, 7) is 3.77. The van der Waals surface area contributed by atoms with E-state index in [1.54, 1.807) is 31.2 Å². The summed E-state index contributed by atoms with van der Waals surface area (Å²) in [5.74, 6) is 0.0627. The Morgan fingerprint density at radius 3 is 2.86 bits per heavy atom. The number of nitrogens with zero attached hydrogens (tertiary/aromatic N) is 3. The lowest BCUT2D eigenvalue weighted by molar-refractivity contribution is -0.384. The summed E-state index contributed by atoms with van der Waals surface area (Å²) in [5.41, 5.74) is 1.00. The predicted octanol–water partition coefficient (Wildman–Crippen LogP) is 4.45. The van der Waals surface area contributed by atoms with Gasteiger partial charge >= 0.3 is 5.97 Å². The van der Waals surface area contributed by atoms with Crippen molar-refractivity contribution in [3.63, 3.8) is 0 Å². The van der Waals surface area contributed by atoms with E-state index in [1.807, 2.05) is 6.92 Å². The molecule has 3 rings (SSSR count). The fourth-order valence-corrected chi connectivity index (χ4v) is 3.32. The topological polar surface area (TPSA) is 135 Å². The van der Waals surface area contributed by atoms with Gasteiger partial charge in [0.15, 0.2) is 0 Å².